The molecule has 1 fully saturated rings. The first-order valence-electron chi connectivity index (χ1n) is 6.28. The van der Waals surface area contributed by atoms with Crippen molar-refractivity contribution in [3.63, 3.8) is 0 Å². The first kappa shape index (κ1) is 14.0. The van der Waals surface area contributed by atoms with Crippen molar-refractivity contribution in [2.24, 2.45) is 5.92 Å². The van der Waals surface area contributed by atoms with Crippen LogP contribution in [0, 0.1) is 5.92 Å². The van der Waals surface area contributed by atoms with Crippen LogP contribution in [0.5, 0.6) is 0 Å². The van der Waals surface area contributed by atoms with Crippen LogP contribution in [0.15, 0.2) is 10.7 Å². The minimum atomic E-state index is -0.155. The van der Waals surface area contributed by atoms with E-state index in [1.54, 1.807) is 17.9 Å². The Bertz CT molecular complexity index is 467. The van der Waals surface area contributed by atoms with Crippen LogP contribution in [0.25, 0.3) is 0 Å². The second-order valence-electron chi connectivity index (χ2n) is 4.42. The molecule has 0 unspecified atom stereocenters. The van der Waals surface area contributed by atoms with Crippen LogP contribution in [0.4, 0.5) is 0 Å². The third-order valence-electron chi connectivity index (χ3n) is 3.17. The number of nitrogens with zero attached hydrogens (tertiary/aromatic N) is 2. The minimum Gasteiger partial charge on any atom is -0.466 e. The maximum atomic E-state index is 12.1. The predicted molar refractivity (Wildman–Crippen MR) is 71.5 cm³/mol. The van der Waals surface area contributed by atoms with E-state index in [0.717, 1.165) is 0 Å². The predicted octanol–water partition coefficient (Wildman–Crippen LogP) is 1.59. The molecule has 1 aliphatic rings. The largest absolute Gasteiger partial charge is 0.466 e. The standard InChI is InChI=1S/C12H16BrN3O3/c1-2-19-12(18)8-3-5-16(6-4-8)11(17)9-7-10(13)15-14-9/h7-8H,2-6H2,1H3,(H,14,15). The molecule has 1 aliphatic heterocycles. The van der Waals surface area contributed by atoms with Gasteiger partial charge in [0.25, 0.3) is 5.91 Å². The van der Waals surface area contributed by atoms with E-state index in [4.69, 9.17) is 4.74 Å². The number of piperidine rings is 1. The Morgan fingerprint density at radius 3 is 2.74 bits per heavy atom. The number of amides is 1. The van der Waals surface area contributed by atoms with Crippen molar-refractivity contribution in [1.29, 1.82) is 0 Å². The average Bonchev–Trinajstić information content (AvgIpc) is 2.85. The number of hydrogen-bond donors (Lipinski definition) is 1. The number of esters is 1. The van der Waals surface area contributed by atoms with Gasteiger partial charge in [-0.2, -0.15) is 5.10 Å². The summed E-state index contributed by atoms with van der Waals surface area (Å²) in [4.78, 5) is 25.4. The van der Waals surface area contributed by atoms with Crippen molar-refractivity contribution in [2.75, 3.05) is 19.7 Å². The molecule has 1 N–H and O–H groups in total. The van der Waals surface area contributed by atoms with Crippen LogP contribution in [0.1, 0.15) is 30.3 Å². The maximum Gasteiger partial charge on any atom is 0.309 e. The molecule has 0 aromatic carbocycles. The van der Waals surface area contributed by atoms with E-state index in [9.17, 15) is 9.59 Å². The second-order valence-corrected chi connectivity index (χ2v) is 5.27. The van der Waals surface area contributed by atoms with Crippen molar-refractivity contribution >= 4 is 27.8 Å². The number of ether oxygens (including phenoxy) is 1. The van der Waals surface area contributed by atoms with Gasteiger partial charge in [-0.3, -0.25) is 14.7 Å². The van der Waals surface area contributed by atoms with Gasteiger partial charge < -0.3 is 9.64 Å². The monoisotopic (exact) mass is 329 g/mol. The molecule has 104 valence electrons. The Hall–Kier alpha value is -1.37. The first-order chi connectivity index (χ1) is 9.11. The third-order valence-corrected chi connectivity index (χ3v) is 3.57. The maximum absolute atomic E-state index is 12.1. The van der Waals surface area contributed by atoms with Gasteiger partial charge >= 0.3 is 5.97 Å². The van der Waals surface area contributed by atoms with Crippen LogP contribution in [0.2, 0.25) is 0 Å². The lowest BCUT2D eigenvalue weighted by atomic mass is 9.97. The highest BCUT2D eigenvalue weighted by Gasteiger charge is 2.29. The number of aromatic amines is 1. The smallest absolute Gasteiger partial charge is 0.309 e. The molecule has 2 rings (SSSR count). The third kappa shape index (κ3) is 3.34. The summed E-state index contributed by atoms with van der Waals surface area (Å²) < 4.78 is 5.68. The van der Waals surface area contributed by atoms with E-state index in [-0.39, 0.29) is 17.8 Å². The lowest BCUT2D eigenvalue weighted by Crippen LogP contribution is -2.40. The van der Waals surface area contributed by atoms with Crippen molar-refractivity contribution < 1.29 is 14.3 Å². The zero-order valence-corrected chi connectivity index (χ0v) is 12.3. The number of nitrogens with one attached hydrogen (secondary N) is 1. The molecule has 2 heterocycles. The Kier molecular flexibility index (Phi) is 4.57. The summed E-state index contributed by atoms with van der Waals surface area (Å²) in [5.74, 6) is -0.351. The number of likely N-dealkylation sites (tertiary alicyclic amines) is 1. The fourth-order valence-electron chi connectivity index (χ4n) is 2.15. The number of H-pyrrole nitrogens is 1. The van der Waals surface area contributed by atoms with E-state index in [2.05, 4.69) is 26.1 Å². The molecule has 0 saturated carbocycles. The summed E-state index contributed by atoms with van der Waals surface area (Å²) in [5, 5.41) is 6.60. The van der Waals surface area contributed by atoms with Crippen LogP contribution in [0.3, 0.4) is 0 Å². The molecular weight excluding hydrogens is 314 g/mol. The summed E-state index contributed by atoms with van der Waals surface area (Å²) >= 11 is 3.22. The SMILES string of the molecule is CCOC(=O)C1CCN(C(=O)c2cc(Br)[nH]n2)CC1. The van der Waals surface area contributed by atoms with E-state index >= 15 is 0 Å². The minimum absolute atomic E-state index is 0.0880. The van der Waals surface area contributed by atoms with Crippen LogP contribution >= 0.6 is 15.9 Å². The quantitative estimate of drug-likeness (QED) is 0.854. The van der Waals surface area contributed by atoms with Gasteiger partial charge in [0, 0.05) is 19.2 Å². The Balaban J connectivity index is 1.89. The van der Waals surface area contributed by atoms with Gasteiger partial charge in [0.1, 0.15) is 4.60 Å². The number of hydrogen-bond acceptors (Lipinski definition) is 4. The normalized spacial score (nSPS) is 16.4. The second kappa shape index (κ2) is 6.18. The van der Waals surface area contributed by atoms with Crippen molar-refractivity contribution in [3.05, 3.63) is 16.4 Å². The van der Waals surface area contributed by atoms with E-state index < -0.39 is 0 Å². The molecule has 6 nitrogen and oxygen atoms in total. The molecule has 7 heteroatoms. The summed E-state index contributed by atoms with van der Waals surface area (Å²) in [6.07, 6.45) is 1.30. The summed E-state index contributed by atoms with van der Waals surface area (Å²) in [6.45, 7) is 3.32. The van der Waals surface area contributed by atoms with Gasteiger partial charge in [-0.25, -0.2) is 0 Å². The Labute approximate surface area is 119 Å². The Morgan fingerprint density at radius 1 is 1.53 bits per heavy atom. The van der Waals surface area contributed by atoms with Crippen molar-refractivity contribution in [2.45, 2.75) is 19.8 Å². The summed E-state index contributed by atoms with van der Waals surface area (Å²) in [6, 6.07) is 1.65. The summed E-state index contributed by atoms with van der Waals surface area (Å²) in [7, 11) is 0. The van der Waals surface area contributed by atoms with Crippen LogP contribution in [-0.4, -0.2) is 46.7 Å². The lowest BCUT2D eigenvalue weighted by molar-refractivity contribution is -0.149. The molecule has 0 spiro atoms. The average molecular weight is 330 g/mol. The van der Waals surface area contributed by atoms with Gasteiger partial charge in [-0.1, -0.05) is 0 Å². The number of aromatic nitrogens is 2. The van der Waals surface area contributed by atoms with Gasteiger partial charge in [0.05, 0.1) is 12.5 Å². The van der Waals surface area contributed by atoms with Gasteiger partial charge in [0.2, 0.25) is 0 Å². The highest BCUT2D eigenvalue weighted by atomic mass is 79.9. The molecule has 1 aromatic rings. The highest BCUT2D eigenvalue weighted by Crippen LogP contribution is 2.20. The van der Waals surface area contributed by atoms with E-state index in [1.165, 1.54) is 0 Å². The van der Waals surface area contributed by atoms with Crippen LogP contribution < -0.4 is 0 Å². The fourth-order valence-corrected chi connectivity index (χ4v) is 2.45. The number of halogens is 1. The highest BCUT2D eigenvalue weighted by molar-refractivity contribution is 9.10. The molecule has 0 atom stereocenters. The molecule has 0 bridgehead atoms. The van der Waals surface area contributed by atoms with Gasteiger partial charge in [0.15, 0.2) is 5.69 Å². The molecule has 1 amide bonds. The zero-order chi connectivity index (χ0) is 13.8. The zero-order valence-electron chi connectivity index (χ0n) is 10.7. The Morgan fingerprint density at radius 2 is 2.21 bits per heavy atom. The fraction of sp³-hybridized carbons (Fsp3) is 0.583. The summed E-state index contributed by atoms with van der Waals surface area (Å²) in [5.41, 5.74) is 0.390. The van der Waals surface area contributed by atoms with Crippen molar-refractivity contribution in [3.8, 4) is 0 Å². The molecule has 1 saturated heterocycles. The molecular formula is C12H16BrN3O3. The number of rotatable bonds is 3. The van der Waals surface area contributed by atoms with Gasteiger partial charge in [-0.15, -0.1) is 0 Å². The lowest BCUT2D eigenvalue weighted by Gasteiger charge is -2.30. The first-order valence-corrected chi connectivity index (χ1v) is 7.08. The van der Waals surface area contributed by atoms with Crippen molar-refractivity contribution in [1.82, 2.24) is 15.1 Å². The molecule has 1 aromatic heterocycles. The number of carbonyl (C=O) groups excluding carboxylic acids is 2. The molecule has 19 heavy (non-hydrogen) atoms. The molecule has 0 aliphatic carbocycles. The molecule has 0 radical (unpaired) electrons. The van der Waals surface area contributed by atoms with Gasteiger partial charge in [-0.05, 0) is 35.7 Å². The van der Waals surface area contributed by atoms with E-state index in [1.807, 2.05) is 0 Å². The van der Waals surface area contributed by atoms with E-state index in [0.29, 0.717) is 42.8 Å². The number of carbonyl (C=O) groups is 2. The van der Waals surface area contributed by atoms with Crippen LogP contribution in [-0.2, 0) is 9.53 Å². The topological polar surface area (TPSA) is 75.3 Å².